The largest absolute Gasteiger partial charge is 0.455 e. The van der Waals surface area contributed by atoms with Crippen LogP contribution in [0.5, 0.6) is 0 Å². The lowest BCUT2D eigenvalue weighted by atomic mass is 9.46. The molecule has 0 radical (unpaired) electrons. The Hall–Kier alpha value is -3.62. The molecular formula is C41H52O11SSi. The van der Waals surface area contributed by atoms with E-state index in [1.54, 1.807) is 76.2 Å². The summed E-state index contributed by atoms with van der Waals surface area (Å²) in [5.41, 5.74) is -6.11. The van der Waals surface area contributed by atoms with Gasteiger partial charge in [0.05, 0.1) is 29.6 Å². The van der Waals surface area contributed by atoms with Crippen LogP contribution in [0.3, 0.4) is 0 Å². The van der Waals surface area contributed by atoms with E-state index in [4.69, 9.17) is 22.8 Å². The number of fused-ring (bicyclic) bond motifs is 5. The van der Waals surface area contributed by atoms with E-state index in [0.717, 1.165) is 18.1 Å². The summed E-state index contributed by atoms with van der Waals surface area (Å²) in [6, 6.07) is 18.2. The minimum Gasteiger partial charge on any atom is -0.455 e. The van der Waals surface area contributed by atoms with Crippen LogP contribution in [0.4, 0.5) is 0 Å². The minimum atomic E-state index is -4.42. The average Bonchev–Trinajstić information content (AvgIpc) is 3.14. The molecule has 6 rings (SSSR count). The molecule has 2 aromatic rings. The van der Waals surface area contributed by atoms with Crippen molar-refractivity contribution in [2.45, 2.75) is 114 Å². The minimum absolute atomic E-state index is 0.106. The van der Waals surface area contributed by atoms with Gasteiger partial charge in [0.2, 0.25) is 0 Å². The molecule has 3 aliphatic carbocycles. The van der Waals surface area contributed by atoms with Crippen molar-refractivity contribution < 1.29 is 50.7 Å². The summed E-state index contributed by atoms with van der Waals surface area (Å²) in [5, 5.41) is 13.5. The van der Waals surface area contributed by atoms with Crippen molar-refractivity contribution in [2.75, 3.05) is 6.61 Å². The fraction of sp³-hybridized carbons (Fsp3) is 0.537. The standard InChI is InChI=1S/C41H52O11SSi/c1-9-54(10-2,11-3)52-33-23-34-40(25-48-34,50-27(5)42)35-36(49-37(44)28-18-14-12-15-19-28)41(45)24-31(51-53(46,47)29-20-16-13-17-21-29)26(4)30(38(41,6)7)22-32(43)39(33,35)8/h12-22,24,26,33-36,45H,9-11,23,25H2,1-8H3/b30-22-/t26-,33+,34-,35+,36+,39-,40+,41-/m1/s1. The van der Waals surface area contributed by atoms with Gasteiger partial charge in [-0.25, -0.2) is 4.79 Å². The maximum absolute atomic E-state index is 15.4. The summed E-state index contributed by atoms with van der Waals surface area (Å²) in [6.07, 6.45) is -0.138. The van der Waals surface area contributed by atoms with E-state index >= 15 is 4.79 Å². The molecule has 0 unspecified atom stereocenters. The lowest BCUT2D eigenvalue weighted by Crippen LogP contribution is -2.80. The number of aliphatic hydroxyl groups is 1. The quantitative estimate of drug-likeness (QED) is 0.151. The zero-order chi connectivity index (χ0) is 39.5. The van der Waals surface area contributed by atoms with Crippen molar-refractivity contribution >= 4 is 36.2 Å². The van der Waals surface area contributed by atoms with Crippen molar-refractivity contribution in [1.29, 1.82) is 0 Å². The zero-order valence-corrected chi connectivity index (χ0v) is 34.1. The first kappa shape index (κ1) is 40.1. The molecule has 1 aliphatic heterocycles. The molecule has 1 N–H and O–H groups in total. The van der Waals surface area contributed by atoms with E-state index in [9.17, 15) is 23.1 Å². The van der Waals surface area contributed by atoms with Crippen molar-refractivity contribution in [2.24, 2.45) is 22.7 Å². The second-order valence-electron chi connectivity index (χ2n) is 15.9. The van der Waals surface area contributed by atoms with Crippen molar-refractivity contribution in [3.05, 3.63) is 89.7 Å². The molecule has 292 valence electrons. The third-order valence-electron chi connectivity index (χ3n) is 13.0. The molecule has 2 bridgehead atoms. The molecule has 11 nitrogen and oxygen atoms in total. The molecule has 1 saturated carbocycles. The topological polar surface area (TPSA) is 152 Å². The lowest BCUT2D eigenvalue weighted by Gasteiger charge is -2.67. The highest BCUT2D eigenvalue weighted by atomic mass is 32.2. The summed E-state index contributed by atoms with van der Waals surface area (Å²) < 4.78 is 59.4. The van der Waals surface area contributed by atoms with Gasteiger partial charge in [0.1, 0.15) is 28.5 Å². The van der Waals surface area contributed by atoms with Crippen molar-refractivity contribution in [3.63, 3.8) is 0 Å². The fourth-order valence-corrected chi connectivity index (χ4v) is 13.3. The molecule has 8 atom stereocenters. The molecule has 0 aromatic heterocycles. The van der Waals surface area contributed by atoms with Crippen LogP contribution in [0.25, 0.3) is 0 Å². The molecule has 2 aromatic carbocycles. The van der Waals surface area contributed by atoms with Crippen LogP contribution >= 0.6 is 0 Å². The summed E-state index contributed by atoms with van der Waals surface area (Å²) in [7, 11) is -6.86. The number of allylic oxidation sites excluding steroid dienone is 2. The van der Waals surface area contributed by atoms with Gasteiger partial charge in [0, 0.05) is 24.7 Å². The van der Waals surface area contributed by atoms with Gasteiger partial charge in [-0.15, -0.1) is 0 Å². The predicted molar refractivity (Wildman–Crippen MR) is 202 cm³/mol. The molecule has 0 spiro atoms. The Balaban J connectivity index is 1.65. The van der Waals surface area contributed by atoms with E-state index in [1.807, 2.05) is 0 Å². The third-order valence-corrected chi connectivity index (χ3v) is 18.9. The van der Waals surface area contributed by atoms with Crippen LogP contribution in [-0.2, 0) is 42.5 Å². The SMILES string of the molecule is CC[Si](CC)(CC)O[C@H]1C[C@H]2OC[C@@]2(OC(C)=O)[C@H]2[C@H](OC(=O)c3ccccc3)[C@]3(O)C=C(OS(=O)(=O)c4ccccc4)[C@H](C)/C(=C/C(=O)[C@]12C)C3(C)C. The highest BCUT2D eigenvalue weighted by molar-refractivity contribution is 7.86. The zero-order valence-electron chi connectivity index (χ0n) is 32.3. The Morgan fingerprint density at radius 1 is 0.963 bits per heavy atom. The first-order valence-corrected chi connectivity index (χ1v) is 22.8. The number of ketones is 1. The monoisotopic (exact) mass is 780 g/mol. The van der Waals surface area contributed by atoms with Crippen LogP contribution in [0.2, 0.25) is 18.1 Å². The highest BCUT2D eigenvalue weighted by Crippen LogP contribution is 2.64. The van der Waals surface area contributed by atoms with E-state index < -0.39 is 82.6 Å². The van der Waals surface area contributed by atoms with E-state index in [1.165, 1.54) is 31.2 Å². The molecular weight excluding hydrogens is 729 g/mol. The maximum Gasteiger partial charge on any atom is 0.338 e. The van der Waals surface area contributed by atoms with Crippen LogP contribution in [0.1, 0.15) is 72.2 Å². The maximum atomic E-state index is 15.4. The molecule has 1 heterocycles. The number of benzene rings is 2. The van der Waals surface area contributed by atoms with Crippen LogP contribution in [-0.4, -0.2) is 75.7 Å². The number of hydrogen-bond acceptors (Lipinski definition) is 11. The van der Waals surface area contributed by atoms with Gasteiger partial charge in [0.15, 0.2) is 19.7 Å². The Labute approximate surface area is 319 Å². The van der Waals surface area contributed by atoms with Gasteiger partial charge >= 0.3 is 22.1 Å². The fourth-order valence-electron chi connectivity index (χ4n) is 9.37. The second kappa shape index (κ2) is 14.1. The smallest absolute Gasteiger partial charge is 0.338 e. The lowest BCUT2D eigenvalue weighted by molar-refractivity contribution is -0.338. The Morgan fingerprint density at radius 2 is 1.56 bits per heavy atom. The molecule has 2 fully saturated rings. The van der Waals surface area contributed by atoms with Gasteiger partial charge in [0.25, 0.3) is 0 Å². The molecule has 4 aliphatic rings. The van der Waals surface area contributed by atoms with Crippen molar-refractivity contribution in [1.82, 2.24) is 0 Å². The van der Waals surface area contributed by atoms with Gasteiger partial charge in [-0.3, -0.25) is 9.59 Å². The van der Waals surface area contributed by atoms with Gasteiger partial charge in [-0.1, -0.05) is 77.9 Å². The van der Waals surface area contributed by atoms with Gasteiger partial charge in [-0.05, 0) is 67.0 Å². The van der Waals surface area contributed by atoms with E-state index in [0.29, 0.717) is 5.57 Å². The number of esters is 2. The molecule has 0 amide bonds. The first-order chi connectivity index (χ1) is 25.4. The third kappa shape index (κ3) is 6.20. The Morgan fingerprint density at radius 3 is 2.09 bits per heavy atom. The summed E-state index contributed by atoms with van der Waals surface area (Å²) in [6.45, 7) is 14.3. The van der Waals surface area contributed by atoms with Gasteiger partial charge < -0.3 is 27.9 Å². The molecule has 13 heteroatoms. The molecule has 54 heavy (non-hydrogen) atoms. The number of ether oxygens (including phenoxy) is 3. The summed E-state index contributed by atoms with van der Waals surface area (Å²) in [4.78, 5) is 42.6. The van der Waals surface area contributed by atoms with Crippen molar-refractivity contribution in [3.8, 4) is 0 Å². The Bertz CT molecular complexity index is 1950. The van der Waals surface area contributed by atoms with Gasteiger partial charge in [-0.2, -0.15) is 8.42 Å². The molecule has 1 saturated heterocycles. The number of carbonyl (C=O) groups is 3. The second-order valence-corrected chi connectivity index (χ2v) is 22.2. The van der Waals surface area contributed by atoms with Crippen LogP contribution < -0.4 is 0 Å². The van der Waals surface area contributed by atoms with Crippen LogP contribution in [0.15, 0.2) is 89.0 Å². The normalized spacial score (nSPS) is 33.9. The number of carbonyl (C=O) groups excluding carboxylic acids is 3. The number of rotatable bonds is 11. The highest BCUT2D eigenvalue weighted by Gasteiger charge is 2.77. The number of hydrogen-bond donors (Lipinski definition) is 1. The summed E-state index contributed by atoms with van der Waals surface area (Å²) in [5.74, 6) is -4.01. The average molecular weight is 781 g/mol. The first-order valence-electron chi connectivity index (χ1n) is 18.8. The predicted octanol–water partition coefficient (Wildman–Crippen LogP) is 6.53. The van der Waals surface area contributed by atoms with E-state index in [-0.39, 0.29) is 35.0 Å². The summed E-state index contributed by atoms with van der Waals surface area (Å²) >= 11 is 0. The van der Waals surface area contributed by atoms with E-state index in [2.05, 4.69) is 20.8 Å². The Kier molecular flexibility index (Phi) is 10.5. The van der Waals surface area contributed by atoms with Crippen LogP contribution in [0, 0.1) is 22.7 Å².